The van der Waals surface area contributed by atoms with Crippen LogP contribution in [0.1, 0.15) is 25.7 Å². The van der Waals surface area contributed by atoms with E-state index in [0.29, 0.717) is 31.1 Å². The Labute approximate surface area is 132 Å². The van der Waals surface area contributed by atoms with Crippen molar-refractivity contribution in [3.63, 3.8) is 0 Å². The van der Waals surface area contributed by atoms with E-state index >= 15 is 0 Å². The number of carbonyl (C=O) groups excluding carboxylic acids is 1. The molecule has 2 atom stereocenters. The van der Waals surface area contributed by atoms with E-state index in [1.165, 1.54) is 0 Å². The first-order chi connectivity index (χ1) is 10.6. The maximum atomic E-state index is 12.2. The van der Waals surface area contributed by atoms with Crippen LogP contribution in [0.3, 0.4) is 0 Å². The van der Waals surface area contributed by atoms with Crippen molar-refractivity contribution in [2.24, 2.45) is 5.92 Å². The Morgan fingerprint density at radius 3 is 3.18 bits per heavy atom. The summed E-state index contributed by atoms with van der Waals surface area (Å²) in [5, 5.41) is 15.5. The van der Waals surface area contributed by atoms with Crippen LogP contribution in [0, 0.1) is 5.92 Å². The van der Waals surface area contributed by atoms with Gasteiger partial charge in [-0.05, 0) is 24.8 Å². The van der Waals surface area contributed by atoms with Crippen LogP contribution >= 0.6 is 11.3 Å². The number of aliphatic hydroxyl groups excluding tert-OH is 1. The molecule has 0 saturated carbocycles. The first-order valence-electron chi connectivity index (χ1n) is 7.46. The molecule has 1 N–H and O–H groups in total. The third kappa shape index (κ3) is 3.36. The van der Waals surface area contributed by atoms with E-state index < -0.39 is 0 Å². The first kappa shape index (κ1) is 15.2. The number of carbonyl (C=O) groups is 1. The smallest absolute Gasteiger partial charge is 0.227 e. The molecule has 1 aliphatic rings. The summed E-state index contributed by atoms with van der Waals surface area (Å²) in [7, 11) is 0. The minimum Gasteiger partial charge on any atom is -0.393 e. The highest BCUT2D eigenvalue weighted by Gasteiger charge is 2.28. The van der Waals surface area contributed by atoms with E-state index in [0.717, 1.165) is 17.8 Å². The van der Waals surface area contributed by atoms with Gasteiger partial charge in [0.2, 0.25) is 17.6 Å². The molecule has 2 aromatic rings. The molecule has 2 unspecified atom stereocenters. The fourth-order valence-corrected chi connectivity index (χ4v) is 3.29. The molecule has 0 spiro atoms. The third-order valence-electron chi connectivity index (χ3n) is 4.02. The Bertz CT molecular complexity index is 624. The minimum atomic E-state index is -0.359. The second kappa shape index (κ2) is 6.58. The summed E-state index contributed by atoms with van der Waals surface area (Å²) in [6.07, 6.45) is 1.32. The van der Waals surface area contributed by atoms with Gasteiger partial charge < -0.3 is 14.5 Å². The lowest BCUT2D eigenvalue weighted by molar-refractivity contribution is -0.130. The second-order valence-corrected chi connectivity index (χ2v) is 6.57. The SMILES string of the molecule is CC(O)C1CCN(C(=O)CCc2nc(-c3cccs3)no2)C1. The number of aliphatic hydroxyl groups is 1. The summed E-state index contributed by atoms with van der Waals surface area (Å²) in [6, 6.07) is 3.87. The number of amides is 1. The van der Waals surface area contributed by atoms with Crippen molar-refractivity contribution in [3.8, 4) is 10.7 Å². The van der Waals surface area contributed by atoms with Gasteiger partial charge in [0, 0.05) is 31.8 Å². The molecule has 1 saturated heterocycles. The molecule has 0 radical (unpaired) electrons. The van der Waals surface area contributed by atoms with Crippen molar-refractivity contribution >= 4 is 17.2 Å². The number of rotatable bonds is 5. The summed E-state index contributed by atoms with van der Waals surface area (Å²) in [6.45, 7) is 3.14. The lowest BCUT2D eigenvalue weighted by Gasteiger charge is -2.17. The maximum Gasteiger partial charge on any atom is 0.227 e. The summed E-state index contributed by atoms with van der Waals surface area (Å²) < 4.78 is 5.20. The first-order valence-corrected chi connectivity index (χ1v) is 8.34. The Morgan fingerprint density at radius 2 is 2.50 bits per heavy atom. The van der Waals surface area contributed by atoms with Gasteiger partial charge in [0.15, 0.2) is 0 Å². The molecule has 6 nitrogen and oxygen atoms in total. The predicted octanol–water partition coefficient (Wildman–Crippen LogP) is 1.96. The predicted molar refractivity (Wildman–Crippen MR) is 82.3 cm³/mol. The van der Waals surface area contributed by atoms with Crippen LogP contribution in [0.25, 0.3) is 10.7 Å². The van der Waals surface area contributed by atoms with E-state index in [1.54, 1.807) is 18.3 Å². The summed E-state index contributed by atoms with van der Waals surface area (Å²) in [5.74, 6) is 1.34. The van der Waals surface area contributed by atoms with Crippen molar-refractivity contribution < 1.29 is 14.4 Å². The fraction of sp³-hybridized carbons (Fsp3) is 0.533. The van der Waals surface area contributed by atoms with Gasteiger partial charge in [0.25, 0.3) is 0 Å². The van der Waals surface area contributed by atoms with Crippen molar-refractivity contribution in [1.29, 1.82) is 0 Å². The van der Waals surface area contributed by atoms with Crippen LogP contribution in [0.4, 0.5) is 0 Å². The highest BCUT2D eigenvalue weighted by molar-refractivity contribution is 7.13. The zero-order valence-corrected chi connectivity index (χ0v) is 13.3. The second-order valence-electron chi connectivity index (χ2n) is 5.62. The van der Waals surface area contributed by atoms with E-state index in [4.69, 9.17) is 4.52 Å². The van der Waals surface area contributed by atoms with Crippen LogP contribution in [0.2, 0.25) is 0 Å². The van der Waals surface area contributed by atoms with Gasteiger partial charge in [-0.1, -0.05) is 11.2 Å². The zero-order chi connectivity index (χ0) is 15.5. The number of nitrogens with zero attached hydrogens (tertiary/aromatic N) is 3. The average Bonchev–Trinajstić information content (AvgIpc) is 3.23. The van der Waals surface area contributed by atoms with E-state index in [2.05, 4.69) is 10.1 Å². The Morgan fingerprint density at radius 1 is 1.64 bits per heavy atom. The van der Waals surface area contributed by atoms with E-state index in [9.17, 15) is 9.90 Å². The minimum absolute atomic E-state index is 0.0824. The molecule has 118 valence electrons. The van der Waals surface area contributed by atoms with Gasteiger partial charge in [-0.3, -0.25) is 4.79 Å². The maximum absolute atomic E-state index is 12.2. The standard InChI is InChI=1S/C15H19N3O3S/c1-10(19)11-6-7-18(9-11)14(20)5-4-13-16-15(17-21-13)12-3-2-8-22-12/h2-3,8,10-11,19H,4-7,9H2,1H3. The number of hydrogen-bond donors (Lipinski definition) is 1. The monoisotopic (exact) mass is 321 g/mol. The molecule has 1 amide bonds. The summed E-state index contributed by atoms with van der Waals surface area (Å²) in [4.78, 5) is 19.3. The molecule has 0 bridgehead atoms. The molecule has 2 aromatic heterocycles. The normalized spacial score (nSPS) is 19.5. The molecule has 3 rings (SSSR count). The van der Waals surface area contributed by atoms with Gasteiger partial charge in [0.1, 0.15) is 0 Å². The fourth-order valence-electron chi connectivity index (χ4n) is 2.64. The van der Waals surface area contributed by atoms with Gasteiger partial charge in [-0.15, -0.1) is 11.3 Å². The van der Waals surface area contributed by atoms with Gasteiger partial charge >= 0.3 is 0 Å². The number of thiophene rings is 1. The van der Waals surface area contributed by atoms with Gasteiger partial charge in [0.05, 0.1) is 11.0 Å². The van der Waals surface area contributed by atoms with Crippen LogP contribution in [0.5, 0.6) is 0 Å². The molecular formula is C15H19N3O3S. The molecule has 1 aliphatic heterocycles. The van der Waals surface area contributed by atoms with E-state index in [-0.39, 0.29) is 17.9 Å². The van der Waals surface area contributed by atoms with Crippen LogP contribution in [0.15, 0.2) is 22.0 Å². The van der Waals surface area contributed by atoms with Crippen molar-refractivity contribution in [2.45, 2.75) is 32.3 Å². The zero-order valence-electron chi connectivity index (χ0n) is 12.4. The number of likely N-dealkylation sites (tertiary alicyclic amines) is 1. The third-order valence-corrected chi connectivity index (χ3v) is 4.89. The Hall–Kier alpha value is -1.73. The van der Waals surface area contributed by atoms with Gasteiger partial charge in [-0.25, -0.2) is 0 Å². The topological polar surface area (TPSA) is 79.5 Å². The molecular weight excluding hydrogens is 302 g/mol. The van der Waals surface area contributed by atoms with Crippen molar-refractivity contribution in [2.75, 3.05) is 13.1 Å². The average molecular weight is 321 g/mol. The lowest BCUT2D eigenvalue weighted by Crippen LogP contribution is -2.30. The number of aryl methyl sites for hydroxylation is 1. The van der Waals surface area contributed by atoms with Gasteiger partial charge in [-0.2, -0.15) is 4.98 Å². The lowest BCUT2D eigenvalue weighted by atomic mass is 10.0. The number of hydrogen-bond acceptors (Lipinski definition) is 6. The molecule has 1 fully saturated rings. The Balaban J connectivity index is 1.51. The highest BCUT2D eigenvalue weighted by atomic mass is 32.1. The highest BCUT2D eigenvalue weighted by Crippen LogP contribution is 2.22. The van der Waals surface area contributed by atoms with E-state index in [1.807, 2.05) is 22.4 Å². The number of aromatic nitrogens is 2. The largest absolute Gasteiger partial charge is 0.393 e. The summed E-state index contributed by atoms with van der Waals surface area (Å²) in [5.41, 5.74) is 0. The summed E-state index contributed by atoms with van der Waals surface area (Å²) >= 11 is 1.55. The van der Waals surface area contributed by atoms with Crippen LogP contribution in [-0.4, -0.2) is 45.2 Å². The van der Waals surface area contributed by atoms with Crippen LogP contribution in [-0.2, 0) is 11.2 Å². The quantitative estimate of drug-likeness (QED) is 0.910. The molecule has 0 aromatic carbocycles. The molecule has 0 aliphatic carbocycles. The molecule has 22 heavy (non-hydrogen) atoms. The molecule has 3 heterocycles. The van der Waals surface area contributed by atoms with Crippen LogP contribution < -0.4 is 0 Å². The van der Waals surface area contributed by atoms with Crippen molar-refractivity contribution in [1.82, 2.24) is 15.0 Å². The Kier molecular flexibility index (Phi) is 4.54. The molecule has 7 heteroatoms. The van der Waals surface area contributed by atoms with Crippen molar-refractivity contribution in [3.05, 3.63) is 23.4 Å².